The Morgan fingerprint density at radius 2 is 1.77 bits per heavy atom. The first kappa shape index (κ1) is 32.4. The monoisotopic (exact) mass is 572 g/mol. The summed E-state index contributed by atoms with van der Waals surface area (Å²) in [4.78, 5) is 20.7. The number of ether oxygens (including phenoxy) is 2. The summed E-state index contributed by atoms with van der Waals surface area (Å²) in [6.45, 7) is 9.86. The molecule has 39 heavy (non-hydrogen) atoms. The van der Waals surface area contributed by atoms with Crippen LogP contribution in [0.3, 0.4) is 0 Å². The molecule has 1 amide bonds. The normalized spacial score (nSPS) is 13.9. The topological polar surface area (TPSA) is 85.4 Å². The van der Waals surface area contributed by atoms with Gasteiger partial charge in [-0.2, -0.15) is 0 Å². The van der Waals surface area contributed by atoms with E-state index in [9.17, 15) is 4.79 Å². The van der Waals surface area contributed by atoms with Gasteiger partial charge in [0.2, 0.25) is 5.91 Å². The lowest BCUT2D eigenvalue weighted by Gasteiger charge is -2.10. The van der Waals surface area contributed by atoms with Crippen LogP contribution in [0.25, 0.3) is 11.1 Å². The number of hydrogen-bond acceptors (Lipinski definition) is 7. The molecule has 9 heteroatoms. The quantitative estimate of drug-likeness (QED) is 0.224. The molecule has 2 heterocycles. The van der Waals surface area contributed by atoms with Crippen LogP contribution in [-0.2, 0) is 4.79 Å². The predicted molar refractivity (Wildman–Crippen MR) is 162 cm³/mol. The summed E-state index contributed by atoms with van der Waals surface area (Å²) in [6, 6.07) is 12.2. The summed E-state index contributed by atoms with van der Waals surface area (Å²) in [7, 11) is 3.21. The fourth-order valence-corrected chi connectivity index (χ4v) is 4.65. The number of carbonyl (C=O) groups is 1. The average molecular weight is 573 g/mol. The highest BCUT2D eigenvalue weighted by atomic mass is 35.5. The molecule has 7 nitrogen and oxygen atoms in total. The number of amides is 1. The molecule has 4 rings (SSSR count). The zero-order valence-electron chi connectivity index (χ0n) is 23.8. The number of benzene rings is 2. The molecule has 0 saturated carbocycles. The lowest BCUT2D eigenvalue weighted by molar-refractivity contribution is -0.118. The van der Waals surface area contributed by atoms with Crippen molar-refractivity contribution in [1.82, 2.24) is 20.6 Å². The van der Waals surface area contributed by atoms with Crippen molar-refractivity contribution in [2.45, 2.75) is 58.2 Å². The number of aryl methyl sites for hydroxylation is 2. The van der Waals surface area contributed by atoms with Crippen molar-refractivity contribution < 1.29 is 14.3 Å². The number of thioether (sulfide) groups is 1. The van der Waals surface area contributed by atoms with Crippen molar-refractivity contribution in [3.05, 3.63) is 64.9 Å². The van der Waals surface area contributed by atoms with Crippen LogP contribution in [0.5, 0.6) is 11.5 Å². The third-order valence-corrected chi connectivity index (χ3v) is 7.27. The molecule has 1 atom stereocenters. The summed E-state index contributed by atoms with van der Waals surface area (Å²) in [6.07, 6.45) is 6.91. The Kier molecular flexibility index (Phi) is 14.7. The Labute approximate surface area is 242 Å². The minimum atomic E-state index is 0.00978. The molecule has 0 aliphatic carbocycles. The van der Waals surface area contributed by atoms with E-state index in [4.69, 9.17) is 21.1 Å². The van der Waals surface area contributed by atoms with Gasteiger partial charge in [0.05, 0.1) is 20.0 Å². The molecule has 1 aliphatic heterocycles. The summed E-state index contributed by atoms with van der Waals surface area (Å²) in [5.74, 6) is 1.65. The molecular formula is C30H41ClN4O3S. The highest BCUT2D eigenvalue weighted by Gasteiger charge is 2.14. The van der Waals surface area contributed by atoms with Crippen LogP contribution in [-0.4, -0.2) is 55.0 Å². The largest absolute Gasteiger partial charge is 0.493 e. The van der Waals surface area contributed by atoms with Crippen LogP contribution in [0.1, 0.15) is 44.2 Å². The molecule has 2 aromatic carbocycles. The van der Waals surface area contributed by atoms with Crippen molar-refractivity contribution >= 4 is 29.3 Å². The number of aromatic nitrogens is 2. The van der Waals surface area contributed by atoms with Gasteiger partial charge in [-0.1, -0.05) is 61.0 Å². The fraction of sp³-hybridized carbons (Fsp3) is 0.433. The van der Waals surface area contributed by atoms with E-state index in [1.165, 1.54) is 30.2 Å². The van der Waals surface area contributed by atoms with Crippen molar-refractivity contribution in [2.24, 2.45) is 0 Å². The molecule has 3 aromatic rings. The van der Waals surface area contributed by atoms with Gasteiger partial charge in [0.15, 0.2) is 16.7 Å². The van der Waals surface area contributed by atoms with Crippen LogP contribution < -0.4 is 20.1 Å². The number of methoxy groups -OCH3 is 2. The molecule has 1 saturated heterocycles. The van der Waals surface area contributed by atoms with E-state index in [2.05, 4.69) is 33.6 Å². The summed E-state index contributed by atoms with van der Waals surface area (Å²) >= 11 is 7.11. The van der Waals surface area contributed by atoms with E-state index in [0.717, 1.165) is 34.7 Å². The molecule has 0 spiro atoms. The van der Waals surface area contributed by atoms with Gasteiger partial charge in [-0.15, -0.1) is 0 Å². The molecule has 1 unspecified atom stereocenters. The Morgan fingerprint density at radius 3 is 2.36 bits per heavy atom. The number of rotatable bonds is 9. The van der Waals surface area contributed by atoms with Crippen molar-refractivity contribution in [3.63, 3.8) is 0 Å². The van der Waals surface area contributed by atoms with E-state index in [0.29, 0.717) is 35.0 Å². The number of hydrogen-bond donors (Lipinski definition) is 2. The number of halogens is 1. The Bertz CT molecular complexity index is 1160. The third kappa shape index (κ3) is 11.1. The van der Waals surface area contributed by atoms with Gasteiger partial charge < -0.3 is 20.1 Å². The van der Waals surface area contributed by atoms with Crippen LogP contribution in [0, 0.1) is 13.8 Å². The van der Waals surface area contributed by atoms with E-state index < -0.39 is 0 Å². The Morgan fingerprint density at radius 1 is 1.05 bits per heavy atom. The minimum absolute atomic E-state index is 0.00978. The van der Waals surface area contributed by atoms with Crippen LogP contribution in [0.15, 0.2) is 53.9 Å². The van der Waals surface area contributed by atoms with Crippen LogP contribution in [0.2, 0.25) is 5.02 Å². The Hall–Kier alpha value is -2.81. The lowest BCUT2D eigenvalue weighted by atomic mass is 10.1. The lowest BCUT2D eigenvalue weighted by Crippen LogP contribution is -2.31. The Balaban J connectivity index is 0.000000407. The van der Waals surface area contributed by atoms with Gasteiger partial charge in [0.1, 0.15) is 0 Å². The van der Waals surface area contributed by atoms with Gasteiger partial charge in [-0.3, -0.25) is 4.79 Å². The van der Waals surface area contributed by atoms with Crippen molar-refractivity contribution in [2.75, 3.05) is 33.1 Å². The summed E-state index contributed by atoms with van der Waals surface area (Å²) in [5, 5.41) is 7.82. The maximum atomic E-state index is 12.0. The summed E-state index contributed by atoms with van der Waals surface area (Å²) < 4.78 is 10.6. The fourth-order valence-electron chi connectivity index (χ4n) is 3.92. The first-order valence-electron chi connectivity index (χ1n) is 13.3. The third-order valence-electron chi connectivity index (χ3n) is 5.97. The molecule has 1 aliphatic rings. The predicted octanol–water partition coefficient (Wildman–Crippen LogP) is 6.49. The smallest absolute Gasteiger partial charge is 0.230 e. The first-order valence-corrected chi connectivity index (χ1v) is 14.7. The zero-order chi connectivity index (χ0) is 28.6. The van der Waals surface area contributed by atoms with Gasteiger partial charge >= 0.3 is 0 Å². The van der Waals surface area contributed by atoms with Gasteiger partial charge in [0.25, 0.3) is 0 Å². The molecule has 1 fully saturated rings. The average Bonchev–Trinajstić information content (AvgIpc) is 3.49. The van der Waals surface area contributed by atoms with Gasteiger partial charge in [-0.05, 0) is 69.0 Å². The molecule has 212 valence electrons. The second-order valence-corrected chi connectivity index (χ2v) is 10.1. The highest BCUT2D eigenvalue weighted by Crippen LogP contribution is 2.32. The first-order chi connectivity index (χ1) is 18.9. The second kappa shape index (κ2) is 17.7. The van der Waals surface area contributed by atoms with Crippen molar-refractivity contribution in [3.8, 4) is 22.6 Å². The summed E-state index contributed by atoms with van der Waals surface area (Å²) in [5.41, 5.74) is 4.22. The van der Waals surface area contributed by atoms with E-state index in [1.54, 1.807) is 26.6 Å². The van der Waals surface area contributed by atoms with Crippen LogP contribution in [0.4, 0.5) is 0 Å². The molecule has 1 aromatic heterocycles. The standard InChI is InChI=1S/C20H26N4O3S.C8H9Cl.C2H6/c1-26-17-6-5-14(10-18(17)27-2)15-11-23-20(24-12-15)28-13-19(25)22-9-7-16-4-3-8-21-16;1-6-3-4-8(9)7(2)5-6;1-2/h5-6,10-12,16,21H,3-4,7-9,13H2,1-2H3,(H,22,25);3-5H,1-2H3;1-2H3. The number of carbonyl (C=O) groups excluding carboxylic acids is 1. The molecule has 0 radical (unpaired) electrons. The molecule has 2 N–H and O–H groups in total. The number of nitrogens with one attached hydrogen (secondary N) is 2. The van der Waals surface area contributed by atoms with Crippen molar-refractivity contribution in [1.29, 1.82) is 0 Å². The van der Waals surface area contributed by atoms with E-state index in [-0.39, 0.29) is 5.91 Å². The van der Waals surface area contributed by atoms with Crippen LogP contribution >= 0.6 is 23.4 Å². The minimum Gasteiger partial charge on any atom is -0.493 e. The highest BCUT2D eigenvalue weighted by molar-refractivity contribution is 7.99. The van der Waals surface area contributed by atoms with Gasteiger partial charge in [-0.25, -0.2) is 9.97 Å². The van der Waals surface area contributed by atoms with E-state index in [1.807, 2.05) is 51.1 Å². The number of nitrogens with zero attached hydrogens (tertiary/aromatic N) is 2. The zero-order valence-corrected chi connectivity index (χ0v) is 25.4. The van der Waals surface area contributed by atoms with E-state index >= 15 is 0 Å². The maximum absolute atomic E-state index is 12.0. The SMILES string of the molecule is CC.COc1ccc(-c2cnc(SCC(=O)NCCC3CCCN3)nc2)cc1OC.Cc1ccc(Cl)c(C)c1. The van der Waals surface area contributed by atoms with Gasteiger partial charge in [0, 0.05) is 35.6 Å². The second-order valence-electron chi connectivity index (χ2n) is 8.80. The maximum Gasteiger partial charge on any atom is 0.230 e. The molecular weight excluding hydrogens is 532 g/mol. The molecule has 0 bridgehead atoms.